The Bertz CT molecular complexity index is 286. The molecular formula is C16H29NO2. The van der Waals surface area contributed by atoms with Gasteiger partial charge in [-0.3, -0.25) is 4.79 Å². The molecule has 0 aliphatic rings. The van der Waals surface area contributed by atoms with E-state index in [0.717, 1.165) is 11.5 Å². The topological polar surface area (TPSA) is 38.3 Å². The van der Waals surface area contributed by atoms with Crippen molar-refractivity contribution in [2.24, 2.45) is 5.92 Å². The Hall–Kier alpha value is -1.35. The van der Waals surface area contributed by atoms with Crippen molar-refractivity contribution in [3.63, 3.8) is 0 Å². The number of carbonyl (C=O) groups is 1. The second kappa shape index (κ2) is 14.7. The Kier molecular flexibility index (Phi) is 15.5. The van der Waals surface area contributed by atoms with E-state index in [2.05, 4.69) is 30.8 Å². The van der Waals surface area contributed by atoms with E-state index in [9.17, 15) is 4.79 Å². The lowest BCUT2D eigenvalue weighted by Crippen LogP contribution is -2.26. The van der Waals surface area contributed by atoms with Crippen LogP contribution in [0.15, 0.2) is 30.3 Å². The molecule has 1 N–H and O–H groups in total. The zero-order valence-corrected chi connectivity index (χ0v) is 13.1. The molecule has 0 aromatic heterocycles. The maximum atomic E-state index is 9.76. The molecule has 0 saturated carbocycles. The lowest BCUT2D eigenvalue weighted by atomic mass is 10.1. The van der Waals surface area contributed by atoms with Gasteiger partial charge < -0.3 is 10.1 Å². The summed E-state index contributed by atoms with van der Waals surface area (Å²) >= 11 is 0. The lowest BCUT2D eigenvalue weighted by Gasteiger charge is -2.12. The van der Waals surface area contributed by atoms with Gasteiger partial charge in [-0.15, -0.1) is 0 Å². The predicted molar refractivity (Wildman–Crippen MR) is 82.0 cm³/mol. The van der Waals surface area contributed by atoms with Crippen molar-refractivity contribution in [3.8, 4) is 0 Å². The molecule has 0 spiro atoms. The largest absolute Gasteiger partial charge is 0.463 e. The number of nitrogens with one attached hydrogen (secondary N) is 1. The van der Waals surface area contributed by atoms with E-state index in [4.69, 9.17) is 0 Å². The minimum atomic E-state index is 0.365. The Labute approximate surface area is 118 Å². The summed E-state index contributed by atoms with van der Waals surface area (Å²) in [7, 11) is 1.99. The summed E-state index contributed by atoms with van der Waals surface area (Å²) in [5.74, 6) is 0.755. The third-order valence-electron chi connectivity index (χ3n) is 2.62. The van der Waals surface area contributed by atoms with E-state index in [1.54, 1.807) is 0 Å². The molecule has 1 aromatic rings. The van der Waals surface area contributed by atoms with Crippen molar-refractivity contribution in [3.05, 3.63) is 35.9 Å². The monoisotopic (exact) mass is 267 g/mol. The van der Waals surface area contributed by atoms with Gasteiger partial charge in [-0.05, 0) is 25.5 Å². The van der Waals surface area contributed by atoms with E-state index in [1.165, 1.54) is 0 Å². The van der Waals surface area contributed by atoms with Crippen LogP contribution in [0.1, 0.15) is 40.2 Å². The molecular weight excluding hydrogens is 238 g/mol. The van der Waals surface area contributed by atoms with Crippen LogP contribution in [0.4, 0.5) is 0 Å². The van der Waals surface area contributed by atoms with Gasteiger partial charge in [0.05, 0.1) is 0 Å². The summed E-state index contributed by atoms with van der Waals surface area (Å²) in [4.78, 5) is 9.76. The molecule has 0 aliphatic carbocycles. The van der Waals surface area contributed by atoms with Crippen molar-refractivity contribution in [1.82, 2.24) is 5.32 Å². The van der Waals surface area contributed by atoms with Gasteiger partial charge in [-0.25, -0.2) is 0 Å². The molecule has 1 rings (SSSR count). The zero-order chi connectivity index (χ0) is 15.1. The molecule has 1 aromatic carbocycles. The van der Waals surface area contributed by atoms with Gasteiger partial charge >= 0.3 is 0 Å². The number of benzene rings is 1. The minimum Gasteiger partial charge on any atom is -0.463 e. The smallest absolute Gasteiger partial charge is 0.293 e. The highest BCUT2D eigenvalue weighted by molar-refractivity contribution is 5.37. The molecule has 3 nitrogen and oxygen atoms in total. The molecule has 0 fully saturated rings. The molecule has 3 heteroatoms. The van der Waals surface area contributed by atoms with Crippen LogP contribution in [0.5, 0.6) is 0 Å². The number of carbonyl (C=O) groups excluding carboxylic acids is 1. The van der Waals surface area contributed by atoms with Crippen LogP contribution in [0, 0.1) is 5.92 Å². The van der Waals surface area contributed by atoms with Crippen molar-refractivity contribution in [2.75, 3.05) is 7.05 Å². The van der Waals surface area contributed by atoms with Crippen molar-refractivity contribution in [1.29, 1.82) is 0 Å². The summed E-state index contributed by atoms with van der Waals surface area (Å²) in [5.41, 5.74) is 1.01. The molecule has 1 unspecified atom stereocenters. The average Bonchev–Trinajstić information content (AvgIpc) is 2.48. The third-order valence-corrected chi connectivity index (χ3v) is 2.62. The van der Waals surface area contributed by atoms with E-state index in [1.807, 2.05) is 51.2 Å². The standard InChI is InChI=1S/C8H8O2.C6H15N.C2H6/c9-7-10-6-8-4-2-1-3-5-8;1-5(2)6(3)7-4;1-2/h1-5,7H,6H2;5-7H,1-4H3;1-2H3. The average molecular weight is 267 g/mol. The van der Waals surface area contributed by atoms with Crippen molar-refractivity contribution < 1.29 is 9.53 Å². The Morgan fingerprint density at radius 3 is 2.00 bits per heavy atom. The number of rotatable bonds is 5. The van der Waals surface area contributed by atoms with Crippen LogP contribution >= 0.6 is 0 Å². The van der Waals surface area contributed by atoms with Crippen LogP contribution < -0.4 is 5.32 Å². The Morgan fingerprint density at radius 1 is 1.16 bits per heavy atom. The molecule has 0 bridgehead atoms. The SMILES string of the molecule is CC.CNC(C)C(C)C.O=COCc1ccccc1. The Balaban J connectivity index is 0. The van der Waals surface area contributed by atoms with Gasteiger partial charge in [-0.1, -0.05) is 58.0 Å². The zero-order valence-electron chi connectivity index (χ0n) is 13.1. The number of hydrogen-bond donors (Lipinski definition) is 1. The number of ether oxygens (including phenoxy) is 1. The first-order valence-corrected chi connectivity index (χ1v) is 6.88. The van der Waals surface area contributed by atoms with Gasteiger partial charge in [0.25, 0.3) is 6.47 Å². The summed E-state index contributed by atoms with van der Waals surface area (Å²) in [6.07, 6.45) is 0. The van der Waals surface area contributed by atoms with E-state index in [-0.39, 0.29) is 0 Å². The van der Waals surface area contributed by atoms with Gasteiger partial charge in [0, 0.05) is 6.04 Å². The van der Waals surface area contributed by atoms with Crippen LogP contribution in [-0.2, 0) is 16.1 Å². The molecule has 19 heavy (non-hydrogen) atoms. The van der Waals surface area contributed by atoms with Gasteiger partial charge in [0.1, 0.15) is 6.61 Å². The molecule has 110 valence electrons. The molecule has 0 amide bonds. The van der Waals surface area contributed by atoms with Gasteiger partial charge in [0.2, 0.25) is 0 Å². The van der Waals surface area contributed by atoms with E-state index in [0.29, 0.717) is 19.1 Å². The van der Waals surface area contributed by atoms with Crippen molar-refractivity contribution >= 4 is 6.47 Å². The lowest BCUT2D eigenvalue weighted by molar-refractivity contribution is -0.129. The highest BCUT2D eigenvalue weighted by Crippen LogP contribution is 1.98. The predicted octanol–water partition coefficient (Wildman–Crippen LogP) is 3.64. The highest BCUT2D eigenvalue weighted by Gasteiger charge is 2.00. The fraction of sp³-hybridized carbons (Fsp3) is 0.562. The summed E-state index contributed by atoms with van der Waals surface area (Å²) in [6.45, 7) is 11.4. The molecule has 1 atom stereocenters. The van der Waals surface area contributed by atoms with Crippen LogP contribution in [0.25, 0.3) is 0 Å². The number of hydrogen-bond acceptors (Lipinski definition) is 3. The summed E-state index contributed by atoms with van der Waals surface area (Å²) in [5, 5.41) is 3.16. The first-order chi connectivity index (χ1) is 9.11. The summed E-state index contributed by atoms with van der Waals surface area (Å²) < 4.78 is 4.54. The molecule has 0 radical (unpaired) electrons. The maximum Gasteiger partial charge on any atom is 0.293 e. The molecule has 0 heterocycles. The summed E-state index contributed by atoms with van der Waals surface area (Å²) in [6, 6.07) is 10.2. The van der Waals surface area contributed by atoms with E-state index < -0.39 is 0 Å². The van der Waals surface area contributed by atoms with Gasteiger partial charge in [0.15, 0.2) is 0 Å². The first kappa shape index (κ1) is 20.0. The normalized spacial score (nSPS) is 10.5. The fourth-order valence-electron chi connectivity index (χ4n) is 1.04. The van der Waals surface area contributed by atoms with Crippen LogP contribution in [0.2, 0.25) is 0 Å². The highest BCUT2D eigenvalue weighted by atomic mass is 16.5. The minimum absolute atomic E-state index is 0.365. The van der Waals surface area contributed by atoms with Crippen LogP contribution in [0.3, 0.4) is 0 Å². The second-order valence-electron chi connectivity index (χ2n) is 4.21. The van der Waals surface area contributed by atoms with Crippen molar-refractivity contribution in [2.45, 2.75) is 47.3 Å². The second-order valence-corrected chi connectivity index (χ2v) is 4.21. The van der Waals surface area contributed by atoms with Crippen LogP contribution in [-0.4, -0.2) is 19.6 Å². The third kappa shape index (κ3) is 12.9. The maximum absolute atomic E-state index is 9.76. The Morgan fingerprint density at radius 2 is 1.68 bits per heavy atom. The van der Waals surface area contributed by atoms with E-state index >= 15 is 0 Å². The fourth-order valence-corrected chi connectivity index (χ4v) is 1.04. The molecule has 0 aliphatic heterocycles. The first-order valence-electron chi connectivity index (χ1n) is 6.88. The molecule has 0 saturated heterocycles. The quantitative estimate of drug-likeness (QED) is 0.828. The van der Waals surface area contributed by atoms with Gasteiger partial charge in [-0.2, -0.15) is 0 Å².